The number of halogens is 1. The maximum Gasteiger partial charge on any atom is 0.312 e. The first kappa shape index (κ1) is 9.99. The van der Waals surface area contributed by atoms with Gasteiger partial charge in [0.05, 0.1) is 16.6 Å². The third kappa shape index (κ3) is 2.42. The second-order valence-electron chi connectivity index (χ2n) is 2.70. The number of carbonyl (C=O) groups is 1. The molecule has 0 aliphatic carbocycles. The lowest BCUT2D eigenvalue weighted by atomic mass is 10.0. The highest BCUT2D eigenvalue weighted by Gasteiger charge is 2.18. The first-order chi connectivity index (χ1) is 6.15. The van der Waals surface area contributed by atoms with Gasteiger partial charge in [-0.15, -0.1) is 0 Å². The minimum absolute atomic E-state index is 0.518. The maximum absolute atomic E-state index is 10.7. The van der Waals surface area contributed by atoms with Crippen LogP contribution in [0.3, 0.4) is 0 Å². The molecule has 1 rings (SSSR count). The zero-order valence-electron chi connectivity index (χ0n) is 7.20. The summed E-state index contributed by atoms with van der Waals surface area (Å²) in [5.74, 6) is -1.38. The molecular weight excluding hydrogens is 190 g/mol. The lowest BCUT2D eigenvalue weighted by molar-refractivity contribution is -0.138. The van der Waals surface area contributed by atoms with E-state index in [1.165, 1.54) is 6.20 Å². The van der Waals surface area contributed by atoms with Crippen LogP contribution in [-0.2, 0) is 4.79 Å². The van der Waals surface area contributed by atoms with Gasteiger partial charge >= 0.3 is 5.97 Å². The van der Waals surface area contributed by atoms with Crippen LogP contribution in [0.15, 0.2) is 18.3 Å². The quantitative estimate of drug-likeness (QED) is 0.813. The summed E-state index contributed by atoms with van der Waals surface area (Å²) in [6.07, 6.45) is 1.99. The molecule has 1 unspecified atom stereocenters. The van der Waals surface area contributed by atoms with E-state index in [1.54, 1.807) is 12.1 Å². The third-order valence-corrected chi connectivity index (χ3v) is 2.04. The first-order valence-corrected chi connectivity index (χ1v) is 4.37. The third-order valence-electron chi connectivity index (χ3n) is 1.81. The molecule has 13 heavy (non-hydrogen) atoms. The van der Waals surface area contributed by atoms with Crippen molar-refractivity contribution in [2.45, 2.75) is 19.3 Å². The van der Waals surface area contributed by atoms with Gasteiger partial charge in [0.2, 0.25) is 0 Å². The van der Waals surface area contributed by atoms with Gasteiger partial charge < -0.3 is 5.11 Å². The van der Waals surface area contributed by atoms with Crippen molar-refractivity contribution in [3.05, 3.63) is 29.0 Å². The summed E-state index contributed by atoms with van der Waals surface area (Å²) >= 11 is 5.63. The van der Waals surface area contributed by atoms with E-state index < -0.39 is 11.9 Å². The predicted molar refractivity (Wildman–Crippen MR) is 49.9 cm³/mol. The van der Waals surface area contributed by atoms with Crippen LogP contribution < -0.4 is 0 Å². The Bertz CT molecular complexity index is 297. The molecule has 1 atom stereocenters. The molecule has 1 aromatic heterocycles. The molecule has 0 bridgehead atoms. The van der Waals surface area contributed by atoms with Crippen LogP contribution in [0, 0.1) is 0 Å². The van der Waals surface area contributed by atoms with Crippen LogP contribution in [-0.4, -0.2) is 16.1 Å². The van der Waals surface area contributed by atoms with E-state index in [1.807, 2.05) is 6.92 Å². The number of hydrogen-bond acceptors (Lipinski definition) is 2. The second kappa shape index (κ2) is 4.23. The Morgan fingerprint density at radius 2 is 2.38 bits per heavy atom. The first-order valence-electron chi connectivity index (χ1n) is 3.99. The zero-order chi connectivity index (χ0) is 9.84. The number of carboxylic acid groups (broad SMARTS) is 1. The van der Waals surface area contributed by atoms with Crippen molar-refractivity contribution >= 4 is 17.6 Å². The predicted octanol–water partition coefficient (Wildman–Crippen LogP) is 2.31. The molecule has 70 valence electrons. The number of hydrogen-bond donors (Lipinski definition) is 1. The summed E-state index contributed by atoms with van der Waals surface area (Å²) < 4.78 is 0. The minimum Gasteiger partial charge on any atom is -0.481 e. The van der Waals surface area contributed by atoms with Crippen LogP contribution in [0.5, 0.6) is 0 Å². The van der Waals surface area contributed by atoms with Crippen LogP contribution >= 0.6 is 11.6 Å². The van der Waals surface area contributed by atoms with Gasteiger partial charge in [-0.2, -0.15) is 0 Å². The van der Waals surface area contributed by atoms with Crippen molar-refractivity contribution in [1.29, 1.82) is 0 Å². The van der Waals surface area contributed by atoms with Crippen molar-refractivity contribution in [3.63, 3.8) is 0 Å². The second-order valence-corrected chi connectivity index (χ2v) is 3.14. The van der Waals surface area contributed by atoms with Gasteiger partial charge in [0.15, 0.2) is 0 Å². The SMILES string of the molecule is CCC(C(=O)O)c1ccc(Cl)cn1. The number of aromatic nitrogens is 1. The molecule has 0 aliphatic heterocycles. The van der Waals surface area contributed by atoms with Gasteiger partial charge in [-0.1, -0.05) is 18.5 Å². The Morgan fingerprint density at radius 3 is 2.77 bits per heavy atom. The maximum atomic E-state index is 10.7. The molecule has 0 radical (unpaired) electrons. The largest absolute Gasteiger partial charge is 0.481 e. The number of pyridine rings is 1. The number of rotatable bonds is 3. The molecule has 3 nitrogen and oxygen atoms in total. The van der Waals surface area contributed by atoms with E-state index >= 15 is 0 Å². The van der Waals surface area contributed by atoms with Crippen LogP contribution in [0.4, 0.5) is 0 Å². The molecular formula is C9H10ClNO2. The lowest BCUT2D eigenvalue weighted by Gasteiger charge is -2.07. The van der Waals surface area contributed by atoms with Crippen LogP contribution in [0.2, 0.25) is 5.02 Å². The highest BCUT2D eigenvalue weighted by Crippen LogP contribution is 2.18. The monoisotopic (exact) mass is 199 g/mol. The van der Waals surface area contributed by atoms with Gasteiger partial charge in [-0.05, 0) is 18.6 Å². The van der Waals surface area contributed by atoms with E-state index in [2.05, 4.69) is 4.98 Å². The lowest BCUT2D eigenvalue weighted by Crippen LogP contribution is -2.11. The molecule has 1 N–H and O–H groups in total. The van der Waals surface area contributed by atoms with Crippen molar-refractivity contribution in [1.82, 2.24) is 4.98 Å². The van der Waals surface area contributed by atoms with Gasteiger partial charge in [-0.3, -0.25) is 9.78 Å². The molecule has 1 aromatic rings. The summed E-state index contributed by atoms with van der Waals surface area (Å²) in [5, 5.41) is 9.34. The van der Waals surface area contributed by atoms with Crippen LogP contribution in [0.25, 0.3) is 0 Å². The molecule has 0 fully saturated rings. The highest BCUT2D eigenvalue weighted by atomic mass is 35.5. The average molecular weight is 200 g/mol. The summed E-state index contributed by atoms with van der Waals surface area (Å²) in [6.45, 7) is 1.81. The molecule has 0 aliphatic rings. The number of carboxylic acids is 1. The Balaban J connectivity index is 2.92. The van der Waals surface area contributed by atoms with E-state index in [0.717, 1.165) is 0 Å². The van der Waals surface area contributed by atoms with Crippen molar-refractivity contribution < 1.29 is 9.90 Å². The minimum atomic E-state index is -0.850. The normalized spacial score (nSPS) is 12.5. The topological polar surface area (TPSA) is 50.2 Å². The zero-order valence-corrected chi connectivity index (χ0v) is 7.95. The summed E-state index contributed by atoms with van der Waals surface area (Å²) in [4.78, 5) is 14.7. The fourth-order valence-corrected chi connectivity index (χ4v) is 1.22. The molecule has 0 aromatic carbocycles. The smallest absolute Gasteiger partial charge is 0.312 e. The molecule has 1 heterocycles. The highest BCUT2D eigenvalue weighted by molar-refractivity contribution is 6.30. The van der Waals surface area contributed by atoms with E-state index in [4.69, 9.17) is 16.7 Å². The standard InChI is InChI=1S/C9H10ClNO2/c1-2-7(9(12)13)8-4-3-6(10)5-11-8/h3-5,7H,2H2,1H3,(H,12,13). The van der Waals surface area contributed by atoms with Gasteiger partial charge in [-0.25, -0.2) is 0 Å². The number of nitrogens with zero attached hydrogens (tertiary/aromatic N) is 1. The summed E-state index contributed by atoms with van der Waals surface area (Å²) in [5.41, 5.74) is 0.555. The van der Waals surface area contributed by atoms with E-state index in [-0.39, 0.29) is 0 Å². The van der Waals surface area contributed by atoms with E-state index in [0.29, 0.717) is 17.1 Å². The molecule has 0 spiro atoms. The molecule has 4 heteroatoms. The Hall–Kier alpha value is -1.09. The Labute approximate surface area is 81.4 Å². The Morgan fingerprint density at radius 1 is 1.69 bits per heavy atom. The fourth-order valence-electron chi connectivity index (χ4n) is 1.10. The average Bonchev–Trinajstić information content (AvgIpc) is 2.09. The van der Waals surface area contributed by atoms with Gasteiger partial charge in [0.1, 0.15) is 0 Å². The van der Waals surface area contributed by atoms with Crippen LogP contribution in [0.1, 0.15) is 25.0 Å². The molecule has 0 saturated carbocycles. The van der Waals surface area contributed by atoms with Gasteiger partial charge in [0, 0.05) is 6.20 Å². The number of aliphatic carboxylic acids is 1. The summed E-state index contributed by atoms with van der Waals surface area (Å²) in [6, 6.07) is 3.29. The Kier molecular flexibility index (Phi) is 3.25. The van der Waals surface area contributed by atoms with Crippen molar-refractivity contribution in [3.8, 4) is 0 Å². The fraction of sp³-hybridized carbons (Fsp3) is 0.333. The van der Waals surface area contributed by atoms with E-state index in [9.17, 15) is 4.79 Å². The summed E-state index contributed by atoms with van der Waals surface area (Å²) in [7, 11) is 0. The molecule has 0 amide bonds. The van der Waals surface area contributed by atoms with Crippen molar-refractivity contribution in [2.75, 3.05) is 0 Å². The van der Waals surface area contributed by atoms with Crippen molar-refractivity contribution in [2.24, 2.45) is 0 Å². The molecule has 0 saturated heterocycles. The van der Waals surface area contributed by atoms with Gasteiger partial charge in [0.25, 0.3) is 0 Å².